The number of rotatable bonds is 10. The Morgan fingerprint density at radius 3 is 1.53 bits per heavy atom. The number of ether oxygens (including phenoxy) is 1. The van der Waals surface area contributed by atoms with Gasteiger partial charge in [-0.25, -0.2) is 0 Å². The van der Waals surface area contributed by atoms with Crippen molar-refractivity contribution in [2.24, 2.45) is 0 Å². The van der Waals surface area contributed by atoms with Crippen LogP contribution in [0.5, 0.6) is 17.2 Å². The quantitative estimate of drug-likeness (QED) is 0.235. The molecule has 0 amide bonds. The fourth-order valence-corrected chi connectivity index (χ4v) is 5.22. The van der Waals surface area contributed by atoms with Crippen LogP contribution in [0.1, 0.15) is 16.7 Å². The zero-order valence-corrected chi connectivity index (χ0v) is 25.8. The molecule has 1 atom stereocenters. The molecule has 14 heteroatoms. The SMILES string of the molecule is [O-2].[O-]c1c(Cl)cc(Cl)cc1CN(Cc1cc(Cl)cc(Cl)c1[O-])Cc1cc(Cl)cc(Cl)c1OC[C@@H]([O-])CCl.[V]. The molecule has 0 aliphatic rings. The molecule has 0 heterocycles. The molecule has 38 heavy (non-hydrogen) atoms. The molecule has 0 spiro atoms. The molecule has 0 saturated carbocycles. The summed E-state index contributed by atoms with van der Waals surface area (Å²) in [5, 5.41) is 38.2. The first-order chi connectivity index (χ1) is 17.0. The van der Waals surface area contributed by atoms with Crippen molar-refractivity contribution in [3.05, 3.63) is 83.2 Å². The van der Waals surface area contributed by atoms with Crippen molar-refractivity contribution in [1.82, 2.24) is 4.90 Å². The molecule has 3 aromatic carbocycles. The Balaban J connectivity index is 0.00000361. The van der Waals surface area contributed by atoms with Crippen molar-refractivity contribution >= 4 is 81.2 Å². The number of benzene rings is 3. The first kappa shape index (κ1) is 35.6. The van der Waals surface area contributed by atoms with E-state index in [4.69, 9.17) is 85.9 Å². The van der Waals surface area contributed by atoms with Crippen molar-refractivity contribution in [2.75, 3.05) is 12.5 Å². The average molecular weight is 699 g/mol. The molecule has 0 fully saturated rings. The van der Waals surface area contributed by atoms with Crippen LogP contribution in [0.25, 0.3) is 0 Å². The number of alkyl halides is 1. The summed E-state index contributed by atoms with van der Waals surface area (Å²) in [7, 11) is 0. The normalized spacial score (nSPS) is 11.6. The summed E-state index contributed by atoms with van der Waals surface area (Å²) in [6, 6.07) is 8.79. The van der Waals surface area contributed by atoms with Crippen LogP contribution in [-0.2, 0) is 43.7 Å². The fraction of sp³-hybridized carbons (Fsp3) is 0.250. The molecular weight excluding hydrogens is 681 g/mol. The minimum Gasteiger partial charge on any atom is -2.00 e. The van der Waals surface area contributed by atoms with Crippen LogP contribution in [0.2, 0.25) is 30.1 Å². The third-order valence-corrected chi connectivity index (χ3v) is 6.86. The van der Waals surface area contributed by atoms with E-state index in [1.54, 1.807) is 11.0 Å². The zero-order chi connectivity index (χ0) is 26.6. The second kappa shape index (κ2) is 16.1. The maximum Gasteiger partial charge on any atom is 0.142 e. The van der Waals surface area contributed by atoms with Gasteiger partial charge in [0.05, 0.1) is 11.6 Å². The van der Waals surface area contributed by atoms with Crippen molar-refractivity contribution < 1.29 is 44.1 Å². The van der Waals surface area contributed by atoms with E-state index in [1.165, 1.54) is 30.3 Å². The summed E-state index contributed by atoms with van der Waals surface area (Å²) in [5.41, 5.74) is 1.10. The summed E-state index contributed by atoms with van der Waals surface area (Å²) in [5.74, 6) is -0.727. The van der Waals surface area contributed by atoms with Crippen LogP contribution >= 0.6 is 81.2 Å². The molecule has 0 saturated heterocycles. The first-order valence-electron chi connectivity index (χ1n) is 10.3. The van der Waals surface area contributed by atoms with Crippen LogP contribution in [0, 0.1) is 0 Å². The molecule has 6 nitrogen and oxygen atoms in total. The van der Waals surface area contributed by atoms with Crippen LogP contribution < -0.4 is 20.1 Å². The van der Waals surface area contributed by atoms with E-state index >= 15 is 0 Å². The first-order valence-corrected chi connectivity index (χ1v) is 13.1. The van der Waals surface area contributed by atoms with Gasteiger partial charge in [0, 0.05) is 74.7 Å². The van der Waals surface area contributed by atoms with Gasteiger partial charge in [-0.1, -0.05) is 87.2 Å². The van der Waals surface area contributed by atoms with E-state index in [0.29, 0.717) is 21.7 Å². The van der Waals surface area contributed by atoms with Gasteiger partial charge in [-0.15, -0.1) is 11.6 Å². The van der Waals surface area contributed by atoms with E-state index in [0.717, 1.165) is 0 Å². The van der Waals surface area contributed by atoms with Gasteiger partial charge in [0.2, 0.25) is 0 Å². The number of nitrogens with zero attached hydrogens (tertiary/aromatic N) is 1. The Kier molecular flexibility index (Phi) is 15.1. The molecule has 0 unspecified atom stereocenters. The molecule has 3 rings (SSSR count). The molecule has 0 bridgehead atoms. The number of hydrogen-bond donors (Lipinski definition) is 0. The molecule has 3 aromatic rings. The van der Waals surface area contributed by atoms with Gasteiger partial charge in [-0.05, 0) is 47.5 Å². The summed E-state index contributed by atoms with van der Waals surface area (Å²) in [6.45, 7) is -0.0372. The van der Waals surface area contributed by atoms with Crippen LogP contribution in [0.15, 0.2) is 36.4 Å². The van der Waals surface area contributed by atoms with E-state index < -0.39 is 17.6 Å². The molecule has 0 aliphatic carbocycles. The van der Waals surface area contributed by atoms with Crippen molar-refractivity contribution in [3.8, 4) is 17.2 Å². The topological polar surface area (TPSA) is 110 Å². The van der Waals surface area contributed by atoms with E-state index in [1.807, 2.05) is 0 Å². The standard InChI is InChI=1S/C24H19Cl7NO4.O.V/c25-7-18(33)11-36-24-14(3-17(28)6-21(24)31)10-32(8-12-1-15(26)4-19(29)22(12)34)9-13-2-16(27)5-20(30)23(13)35;;/h1-6,18,34-35H,7-11H2;;/q-1;-2;/p-2/t18-;;/m0../s1. The maximum absolute atomic E-state index is 12.7. The maximum atomic E-state index is 12.7. The number of hydrogen-bond acceptors (Lipinski definition) is 5. The van der Waals surface area contributed by atoms with E-state index in [2.05, 4.69) is 0 Å². The predicted molar refractivity (Wildman–Crippen MR) is 142 cm³/mol. The van der Waals surface area contributed by atoms with Crippen molar-refractivity contribution in [1.29, 1.82) is 0 Å². The van der Waals surface area contributed by atoms with Crippen LogP contribution in [0.3, 0.4) is 0 Å². The average Bonchev–Trinajstić information content (AvgIpc) is 2.79. The van der Waals surface area contributed by atoms with Gasteiger partial charge in [0.25, 0.3) is 0 Å². The van der Waals surface area contributed by atoms with Crippen molar-refractivity contribution in [3.63, 3.8) is 0 Å². The third-order valence-electron chi connectivity index (χ3n) is 5.02. The molecular formula is C24H17Cl7NO5V-5. The smallest absolute Gasteiger partial charge is 0.142 e. The minimum atomic E-state index is -1.17. The van der Waals surface area contributed by atoms with E-state index in [9.17, 15) is 15.3 Å². The second-order valence-corrected chi connectivity index (χ2v) is 10.7. The second-order valence-electron chi connectivity index (χ2n) is 7.86. The fourth-order valence-electron chi connectivity index (χ4n) is 3.47. The Labute approximate surface area is 267 Å². The van der Waals surface area contributed by atoms with Gasteiger partial charge < -0.3 is 25.5 Å². The van der Waals surface area contributed by atoms with Gasteiger partial charge >= 0.3 is 0 Å². The summed E-state index contributed by atoms with van der Waals surface area (Å²) < 4.78 is 5.68. The minimum absolute atomic E-state index is 0. The van der Waals surface area contributed by atoms with E-state index in [-0.39, 0.29) is 87.0 Å². The predicted octanol–water partition coefficient (Wildman–Crippen LogP) is 6.18. The molecule has 0 N–H and O–H groups in total. The molecule has 0 aliphatic heterocycles. The molecule has 1 radical (unpaired) electrons. The number of halogens is 7. The van der Waals surface area contributed by atoms with Gasteiger partial charge in [0.1, 0.15) is 5.75 Å². The Morgan fingerprint density at radius 1 is 0.684 bits per heavy atom. The summed E-state index contributed by atoms with van der Waals surface area (Å²) in [4.78, 5) is 1.75. The third kappa shape index (κ3) is 9.58. The summed E-state index contributed by atoms with van der Waals surface area (Å²) >= 11 is 42.6. The Morgan fingerprint density at radius 2 is 1.08 bits per heavy atom. The Bertz CT molecular complexity index is 1190. The van der Waals surface area contributed by atoms with Crippen LogP contribution in [0.4, 0.5) is 0 Å². The van der Waals surface area contributed by atoms with Gasteiger partial charge in [-0.2, -0.15) is 0 Å². The van der Waals surface area contributed by atoms with Gasteiger partial charge in [0.15, 0.2) is 0 Å². The Hall–Kier alpha value is -0.446. The monoisotopic (exact) mass is 695 g/mol. The summed E-state index contributed by atoms with van der Waals surface area (Å²) in [6.07, 6.45) is -1.17. The molecule has 207 valence electrons. The van der Waals surface area contributed by atoms with Crippen molar-refractivity contribution in [2.45, 2.75) is 25.7 Å². The zero-order valence-electron chi connectivity index (χ0n) is 19.2. The largest absolute Gasteiger partial charge is 2.00 e. The molecule has 0 aromatic heterocycles. The van der Waals surface area contributed by atoms with Crippen LogP contribution in [-0.4, -0.2) is 23.5 Å². The van der Waals surface area contributed by atoms with Gasteiger partial charge in [-0.3, -0.25) is 4.90 Å².